The van der Waals surface area contributed by atoms with Crippen molar-refractivity contribution < 1.29 is 8.42 Å². The van der Waals surface area contributed by atoms with E-state index in [1.807, 2.05) is 12.1 Å². The fraction of sp³-hybridized carbons (Fsp3) is 0.200. The molecule has 2 N–H and O–H groups in total. The molecule has 3 rings (SSSR count). The summed E-state index contributed by atoms with van der Waals surface area (Å²) >= 11 is 0. The summed E-state index contributed by atoms with van der Waals surface area (Å²) in [6, 6.07) is 11.9. The van der Waals surface area contributed by atoms with Crippen LogP contribution >= 0.6 is 0 Å². The van der Waals surface area contributed by atoms with Gasteiger partial charge < -0.3 is 0 Å². The van der Waals surface area contributed by atoms with E-state index in [2.05, 4.69) is 34.0 Å². The second-order valence-corrected chi connectivity index (χ2v) is 7.04. The van der Waals surface area contributed by atoms with E-state index in [0.29, 0.717) is 22.6 Å². The molecule has 7 heteroatoms. The number of sulfonamides is 1. The molecule has 0 spiro atoms. The van der Waals surface area contributed by atoms with Crippen molar-refractivity contribution in [1.29, 1.82) is 0 Å². The number of anilines is 1. The quantitative estimate of drug-likeness (QED) is 0.774. The highest BCUT2D eigenvalue weighted by molar-refractivity contribution is 7.92. The Kier molecular flexibility index (Phi) is 3.58. The highest BCUT2D eigenvalue weighted by Gasteiger charge is 2.15. The lowest BCUT2D eigenvalue weighted by Crippen LogP contribution is -2.13. The number of aromatic amines is 1. The van der Waals surface area contributed by atoms with Gasteiger partial charge in [-0.3, -0.25) is 4.72 Å². The van der Waals surface area contributed by atoms with Gasteiger partial charge in [0.1, 0.15) is 11.0 Å². The average Bonchev–Trinajstić information content (AvgIpc) is 2.94. The molecule has 0 bridgehead atoms. The van der Waals surface area contributed by atoms with Crippen molar-refractivity contribution >= 4 is 26.7 Å². The van der Waals surface area contributed by atoms with Gasteiger partial charge in [0.2, 0.25) is 0 Å². The molecule has 0 aliphatic carbocycles. The van der Waals surface area contributed by atoms with Crippen molar-refractivity contribution in [2.24, 2.45) is 0 Å². The molecule has 22 heavy (non-hydrogen) atoms. The van der Waals surface area contributed by atoms with E-state index >= 15 is 0 Å². The van der Waals surface area contributed by atoms with Crippen molar-refractivity contribution in [2.75, 3.05) is 4.72 Å². The molecular formula is C15H16N4O2S. The van der Waals surface area contributed by atoms with Crippen molar-refractivity contribution in [2.45, 2.75) is 24.7 Å². The van der Waals surface area contributed by atoms with Gasteiger partial charge in [0.15, 0.2) is 0 Å². The predicted molar refractivity (Wildman–Crippen MR) is 85.2 cm³/mol. The Hall–Kier alpha value is -2.41. The maximum atomic E-state index is 12.4. The Morgan fingerprint density at radius 1 is 1.00 bits per heavy atom. The van der Waals surface area contributed by atoms with Crippen molar-refractivity contribution in [3.63, 3.8) is 0 Å². The van der Waals surface area contributed by atoms with Gasteiger partial charge in [-0.25, -0.2) is 8.42 Å². The Morgan fingerprint density at radius 2 is 1.68 bits per heavy atom. The first-order valence-corrected chi connectivity index (χ1v) is 8.37. The van der Waals surface area contributed by atoms with Crippen LogP contribution in [-0.4, -0.2) is 23.8 Å². The molecule has 0 unspecified atom stereocenters. The average molecular weight is 316 g/mol. The van der Waals surface area contributed by atoms with Crippen LogP contribution in [0.3, 0.4) is 0 Å². The highest BCUT2D eigenvalue weighted by Crippen LogP contribution is 2.21. The second-order valence-electron chi connectivity index (χ2n) is 5.36. The summed E-state index contributed by atoms with van der Waals surface area (Å²) in [5.74, 6) is 0.360. The van der Waals surface area contributed by atoms with Crippen LogP contribution in [0.1, 0.15) is 25.3 Å². The van der Waals surface area contributed by atoms with Crippen LogP contribution < -0.4 is 4.72 Å². The van der Waals surface area contributed by atoms with E-state index in [1.54, 1.807) is 30.3 Å². The highest BCUT2D eigenvalue weighted by atomic mass is 32.2. The predicted octanol–water partition coefficient (Wildman–Crippen LogP) is 2.88. The first-order valence-electron chi connectivity index (χ1n) is 6.89. The third-order valence-electron chi connectivity index (χ3n) is 3.43. The summed E-state index contributed by atoms with van der Waals surface area (Å²) in [5, 5.41) is 10.4. The Balaban J connectivity index is 1.88. The number of nitrogens with zero attached hydrogens (tertiary/aromatic N) is 2. The van der Waals surface area contributed by atoms with Gasteiger partial charge in [-0.15, -0.1) is 0 Å². The number of fused-ring (bicyclic) bond motifs is 1. The molecule has 0 saturated heterocycles. The van der Waals surface area contributed by atoms with Crippen LogP contribution in [0.15, 0.2) is 47.4 Å². The molecular weight excluding hydrogens is 300 g/mol. The van der Waals surface area contributed by atoms with Gasteiger partial charge in [0.05, 0.1) is 10.6 Å². The zero-order valence-electron chi connectivity index (χ0n) is 12.2. The summed E-state index contributed by atoms with van der Waals surface area (Å²) < 4.78 is 27.4. The normalized spacial score (nSPS) is 12.0. The molecule has 0 fully saturated rings. The van der Waals surface area contributed by atoms with Crippen LogP contribution in [0.5, 0.6) is 0 Å². The van der Waals surface area contributed by atoms with Gasteiger partial charge in [-0.05, 0) is 41.8 Å². The van der Waals surface area contributed by atoms with Gasteiger partial charge in [-0.2, -0.15) is 15.4 Å². The summed E-state index contributed by atoms with van der Waals surface area (Å²) in [7, 11) is -3.62. The molecule has 114 valence electrons. The lowest BCUT2D eigenvalue weighted by molar-refractivity contribution is 0.601. The molecule has 0 aliphatic heterocycles. The minimum atomic E-state index is -3.62. The summed E-state index contributed by atoms with van der Waals surface area (Å²) in [5.41, 5.74) is 2.84. The monoisotopic (exact) mass is 316 g/mol. The van der Waals surface area contributed by atoms with Gasteiger partial charge in [0, 0.05) is 0 Å². The fourth-order valence-electron chi connectivity index (χ4n) is 2.15. The molecule has 2 aromatic carbocycles. The number of hydrogen-bond acceptors (Lipinski definition) is 4. The number of H-pyrrole nitrogens is 1. The van der Waals surface area contributed by atoms with Crippen LogP contribution in [0.25, 0.3) is 11.0 Å². The summed E-state index contributed by atoms with van der Waals surface area (Å²) in [4.78, 5) is 0.233. The van der Waals surface area contributed by atoms with Crippen LogP contribution in [-0.2, 0) is 10.0 Å². The minimum Gasteiger partial charge on any atom is -0.280 e. The third kappa shape index (κ3) is 2.80. The fourth-order valence-corrected chi connectivity index (χ4v) is 3.20. The van der Waals surface area contributed by atoms with E-state index in [9.17, 15) is 8.42 Å². The van der Waals surface area contributed by atoms with E-state index in [4.69, 9.17) is 0 Å². The van der Waals surface area contributed by atoms with Gasteiger partial charge in [-0.1, -0.05) is 26.0 Å². The van der Waals surface area contributed by atoms with E-state index in [0.717, 1.165) is 5.56 Å². The maximum Gasteiger partial charge on any atom is 0.261 e. The van der Waals surface area contributed by atoms with Crippen LogP contribution in [0.2, 0.25) is 0 Å². The molecule has 0 saturated carbocycles. The Labute approximate surface area is 128 Å². The zero-order chi connectivity index (χ0) is 15.7. The largest absolute Gasteiger partial charge is 0.280 e. The van der Waals surface area contributed by atoms with Crippen molar-refractivity contribution in [1.82, 2.24) is 15.4 Å². The minimum absolute atomic E-state index is 0.233. The second kappa shape index (κ2) is 5.42. The molecule has 0 radical (unpaired) electrons. The van der Waals surface area contributed by atoms with Crippen molar-refractivity contribution in [3.05, 3.63) is 48.0 Å². The van der Waals surface area contributed by atoms with Crippen LogP contribution in [0, 0.1) is 0 Å². The first kappa shape index (κ1) is 14.5. The SMILES string of the molecule is CC(C)c1ccc(S(=O)(=O)Nc2ccc3n[nH]nc3c2)cc1. The van der Waals surface area contributed by atoms with E-state index < -0.39 is 10.0 Å². The van der Waals surface area contributed by atoms with E-state index in [1.165, 1.54) is 0 Å². The van der Waals surface area contributed by atoms with E-state index in [-0.39, 0.29) is 4.90 Å². The Bertz CT molecular complexity index is 899. The Morgan fingerprint density at radius 3 is 2.36 bits per heavy atom. The molecule has 0 amide bonds. The molecule has 1 heterocycles. The smallest absolute Gasteiger partial charge is 0.261 e. The lowest BCUT2D eigenvalue weighted by Gasteiger charge is -2.10. The molecule has 0 atom stereocenters. The number of benzene rings is 2. The topological polar surface area (TPSA) is 87.7 Å². The molecule has 6 nitrogen and oxygen atoms in total. The third-order valence-corrected chi connectivity index (χ3v) is 4.82. The standard InChI is InChI=1S/C15H16N4O2S/c1-10(2)11-3-6-13(7-4-11)22(20,21)18-12-5-8-14-15(9-12)17-19-16-14/h3-10,18H,1-2H3,(H,16,17,19). The number of aromatic nitrogens is 3. The zero-order valence-corrected chi connectivity index (χ0v) is 13.1. The number of nitrogens with one attached hydrogen (secondary N) is 2. The van der Waals surface area contributed by atoms with Crippen molar-refractivity contribution in [3.8, 4) is 0 Å². The number of rotatable bonds is 4. The lowest BCUT2D eigenvalue weighted by atomic mass is 10.0. The molecule has 1 aromatic heterocycles. The van der Waals surface area contributed by atoms with Gasteiger partial charge in [0.25, 0.3) is 10.0 Å². The molecule has 0 aliphatic rings. The summed E-state index contributed by atoms with van der Waals surface area (Å²) in [6.45, 7) is 4.13. The number of hydrogen-bond donors (Lipinski definition) is 2. The first-order chi connectivity index (χ1) is 10.5. The van der Waals surface area contributed by atoms with Gasteiger partial charge >= 0.3 is 0 Å². The molecule has 3 aromatic rings. The summed E-state index contributed by atoms with van der Waals surface area (Å²) in [6.07, 6.45) is 0. The maximum absolute atomic E-state index is 12.4. The van der Waals surface area contributed by atoms with Crippen LogP contribution in [0.4, 0.5) is 5.69 Å².